The summed E-state index contributed by atoms with van der Waals surface area (Å²) in [5.74, 6) is 0.322. The van der Waals surface area contributed by atoms with Gasteiger partial charge in [-0.2, -0.15) is 0 Å². The normalized spacial score (nSPS) is 11.0. The van der Waals surface area contributed by atoms with Crippen LogP contribution in [0.2, 0.25) is 5.02 Å². The number of hydrogen-bond acceptors (Lipinski definition) is 2. The Morgan fingerprint density at radius 3 is 2.38 bits per heavy atom. The lowest BCUT2D eigenvalue weighted by Crippen LogP contribution is -2.43. The number of hydrogen-bond donors (Lipinski definition) is 0. The van der Waals surface area contributed by atoms with E-state index in [-0.39, 0.29) is 18.4 Å². The minimum atomic E-state index is -0.0205. The highest BCUT2D eigenvalue weighted by atomic mass is 35.5. The van der Waals surface area contributed by atoms with Gasteiger partial charge in [0.15, 0.2) is 0 Å². The van der Waals surface area contributed by atoms with Gasteiger partial charge < -0.3 is 14.4 Å². The third-order valence-electron chi connectivity index (χ3n) is 4.88. The second kappa shape index (κ2) is 11.1. The first kappa shape index (κ1) is 23.0. The standard InChI is InChI=1S/C23H32ClN3O2/c1-5-22(28)25(6-2)17-23(29)27(14-18(3)4)16-20-11-9-13-26(20)15-19-10-7-8-12-21(19)24/h7-13,18H,5-6,14-17H2,1-4H3. The number of rotatable bonds is 10. The zero-order valence-corrected chi connectivity index (χ0v) is 18.7. The van der Waals surface area contributed by atoms with E-state index in [4.69, 9.17) is 11.6 Å². The van der Waals surface area contributed by atoms with Gasteiger partial charge in [-0.15, -0.1) is 0 Å². The van der Waals surface area contributed by atoms with Crippen molar-refractivity contribution >= 4 is 23.4 Å². The molecule has 1 aromatic carbocycles. The minimum absolute atomic E-state index is 0.00689. The van der Waals surface area contributed by atoms with E-state index in [2.05, 4.69) is 18.4 Å². The number of halogens is 1. The highest BCUT2D eigenvalue weighted by Crippen LogP contribution is 2.18. The van der Waals surface area contributed by atoms with E-state index in [0.29, 0.717) is 38.5 Å². The van der Waals surface area contributed by atoms with Crippen molar-refractivity contribution in [3.63, 3.8) is 0 Å². The van der Waals surface area contributed by atoms with E-state index in [1.165, 1.54) is 0 Å². The van der Waals surface area contributed by atoms with Crippen LogP contribution in [0.1, 0.15) is 45.4 Å². The summed E-state index contributed by atoms with van der Waals surface area (Å²) in [5, 5.41) is 0.735. The largest absolute Gasteiger partial charge is 0.345 e. The van der Waals surface area contributed by atoms with Gasteiger partial charge in [-0.05, 0) is 36.6 Å². The van der Waals surface area contributed by atoms with Gasteiger partial charge >= 0.3 is 0 Å². The van der Waals surface area contributed by atoms with Gasteiger partial charge in [0.2, 0.25) is 11.8 Å². The predicted octanol–water partition coefficient (Wildman–Crippen LogP) is 4.43. The molecule has 0 bridgehead atoms. The number of carbonyl (C=O) groups is 2. The van der Waals surface area contributed by atoms with Crippen LogP contribution in [0.4, 0.5) is 0 Å². The van der Waals surface area contributed by atoms with Gasteiger partial charge in [-0.1, -0.05) is 50.6 Å². The molecule has 0 spiro atoms. The van der Waals surface area contributed by atoms with Crippen molar-refractivity contribution in [3.8, 4) is 0 Å². The van der Waals surface area contributed by atoms with E-state index in [9.17, 15) is 9.59 Å². The molecule has 29 heavy (non-hydrogen) atoms. The van der Waals surface area contributed by atoms with Crippen LogP contribution in [-0.2, 0) is 22.7 Å². The van der Waals surface area contributed by atoms with E-state index in [1.54, 1.807) is 4.90 Å². The molecule has 0 saturated heterocycles. The first-order valence-electron chi connectivity index (χ1n) is 10.3. The molecule has 2 amide bonds. The summed E-state index contributed by atoms with van der Waals surface area (Å²) in [6.07, 6.45) is 2.42. The third kappa shape index (κ3) is 6.64. The molecule has 0 atom stereocenters. The molecule has 0 N–H and O–H groups in total. The van der Waals surface area contributed by atoms with Gasteiger partial charge in [0.1, 0.15) is 0 Å². The van der Waals surface area contributed by atoms with Crippen LogP contribution >= 0.6 is 11.6 Å². The van der Waals surface area contributed by atoms with Crippen LogP contribution in [0.5, 0.6) is 0 Å². The molecule has 5 nitrogen and oxygen atoms in total. The maximum Gasteiger partial charge on any atom is 0.242 e. The summed E-state index contributed by atoms with van der Waals surface area (Å²) in [4.78, 5) is 28.6. The van der Waals surface area contributed by atoms with Crippen molar-refractivity contribution in [1.29, 1.82) is 0 Å². The number of nitrogens with zero attached hydrogens (tertiary/aromatic N) is 3. The Morgan fingerprint density at radius 1 is 1.03 bits per heavy atom. The van der Waals surface area contributed by atoms with Gasteiger partial charge in [0, 0.05) is 43.0 Å². The van der Waals surface area contributed by atoms with E-state index < -0.39 is 0 Å². The zero-order chi connectivity index (χ0) is 21.4. The summed E-state index contributed by atoms with van der Waals surface area (Å²) in [5.41, 5.74) is 2.09. The van der Waals surface area contributed by atoms with Crippen molar-refractivity contribution < 1.29 is 9.59 Å². The van der Waals surface area contributed by atoms with Crippen molar-refractivity contribution in [2.24, 2.45) is 5.92 Å². The molecule has 6 heteroatoms. The molecule has 0 aliphatic carbocycles. The Kier molecular flexibility index (Phi) is 8.77. The van der Waals surface area contributed by atoms with E-state index >= 15 is 0 Å². The quantitative estimate of drug-likeness (QED) is 0.574. The van der Waals surface area contributed by atoms with E-state index in [1.807, 2.05) is 61.3 Å². The number of aromatic nitrogens is 1. The van der Waals surface area contributed by atoms with E-state index in [0.717, 1.165) is 16.3 Å². The lowest BCUT2D eigenvalue weighted by molar-refractivity contribution is -0.140. The van der Waals surface area contributed by atoms with Crippen LogP contribution in [0, 0.1) is 5.92 Å². The molecule has 0 radical (unpaired) electrons. The predicted molar refractivity (Wildman–Crippen MR) is 118 cm³/mol. The molecule has 2 aromatic rings. The monoisotopic (exact) mass is 417 g/mol. The van der Waals surface area contributed by atoms with Crippen LogP contribution in [0.15, 0.2) is 42.6 Å². The molecule has 0 unspecified atom stereocenters. The smallest absolute Gasteiger partial charge is 0.242 e. The lowest BCUT2D eigenvalue weighted by Gasteiger charge is -2.28. The summed E-state index contributed by atoms with van der Waals surface area (Å²) in [6, 6.07) is 11.8. The van der Waals surface area contributed by atoms with Gasteiger partial charge in [0.05, 0.1) is 13.1 Å². The molecule has 0 aliphatic heterocycles. The molecule has 158 valence electrons. The first-order valence-corrected chi connectivity index (χ1v) is 10.7. The molecule has 1 aromatic heterocycles. The third-order valence-corrected chi connectivity index (χ3v) is 5.24. The fourth-order valence-corrected chi connectivity index (χ4v) is 3.51. The SMILES string of the molecule is CCC(=O)N(CC)CC(=O)N(Cc1cccn1Cc1ccccc1Cl)CC(C)C. The fraction of sp³-hybridized carbons (Fsp3) is 0.478. The summed E-state index contributed by atoms with van der Waals surface area (Å²) in [6.45, 7) is 10.4. The maximum absolute atomic E-state index is 13.0. The Hall–Kier alpha value is -2.27. The Balaban J connectivity index is 2.16. The molecule has 2 rings (SSSR count). The van der Waals surface area contributed by atoms with Crippen molar-refractivity contribution in [2.45, 2.75) is 47.2 Å². The van der Waals surface area contributed by atoms with Crippen LogP contribution in [0.3, 0.4) is 0 Å². The summed E-state index contributed by atoms with van der Waals surface area (Å²) >= 11 is 6.32. The average molecular weight is 418 g/mol. The Labute approximate surface area is 179 Å². The average Bonchev–Trinajstić information content (AvgIpc) is 3.12. The molecular weight excluding hydrogens is 386 g/mol. The number of likely N-dealkylation sites (N-methyl/N-ethyl adjacent to an activating group) is 1. The Bertz CT molecular complexity index is 816. The molecule has 1 heterocycles. The van der Waals surface area contributed by atoms with Crippen LogP contribution in [-0.4, -0.2) is 45.8 Å². The molecule has 0 saturated carbocycles. The van der Waals surface area contributed by atoms with Gasteiger partial charge in [-0.25, -0.2) is 0 Å². The van der Waals surface area contributed by atoms with Gasteiger partial charge in [0.25, 0.3) is 0 Å². The fourth-order valence-electron chi connectivity index (χ4n) is 3.31. The Morgan fingerprint density at radius 2 is 1.76 bits per heavy atom. The minimum Gasteiger partial charge on any atom is -0.345 e. The maximum atomic E-state index is 13.0. The zero-order valence-electron chi connectivity index (χ0n) is 17.9. The van der Waals surface area contributed by atoms with Crippen LogP contribution in [0.25, 0.3) is 0 Å². The summed E-state index contributed by atoms with van der Waals surface area (Å²) in [7, 11) is 0. The van der Waals surface area contributed by atoms with Crippen molar-refractivity contribution in [2.75, 3.05) is 19.6 Å². The van der Waals surface area contributed by atoms with Crippen LogP contribution < -0.4 is 0 Å². The molecule has 0 aliphatic rings. The second-order valence-corrected chi connectivity index (χ2v) is 8.06. The second-order valence-electron chi connectivity index (χ2n) is 7.65. The number of carbonyl (C=O) groups excluding carboxylic acids is 2. The summed E-state index contributed by atoms with van der Waals surface area (Å²) < 4.78 is 2.12. The van der Waals surface area contributed by atoms with Crippen molar-refractivity contribution in [3.05, 3.63) is 58.9 Å². The first-order chi connectivity index (χ1) is 13.8. The van der Waals surface area contributed by atoms with Crippen molar-refractivity contribution in [1.82, 2.24) is 14.4 Å². The highest BCUT2D eigenvalue weighted by Gasteiger charge is 2.21. The topological polar surface area (TPSA) is 45.6 Å². The highest BCUT2D eigenvalue weighted by molar-refractivity contribution is 6.31. The molecular formula is C23H32ClN3O2. The van der Waals surface area contributed by atoms with Gasteiger partial charge in [-0.3, -0.25) is 9.59 Å². The number of benzene rings is 1. The lowest BCUT2D eigenvalue weighted by atomic mass is 10.2. The number of amides is 2. The molecule has 0 fully saturated rings.